The predicted molar refractivity (Wildman–Crippen MR) is 60.4 cm³/mol. The lowest BCUT2D eigenvalue weighted by Crippen LogP contribution is -2.01. The number of ether oxygens (including phenoxy) is 3. The lowest BCUT2D eigenvalue weighted by Gasteiger charge is -2.13. The minimum absolute atomic E-state index is 0.556. The van der Waals surface area contributed by atoms with Crippen LogP contribution < -0.4 is 14.2 Å². The topological polar surface area (TPSA) is 27.7 Å². The Morgan fingerprint density at radius 1 is 1.13 bits per heavy atom. The Morgan fingerprint density at radius 2 is 1.73 bits per heavy atom. The minimum Gasteiger partial charge on any atom is -0.493 e. The maximum absolute atomic E-state index is 5.57. The molecule has 0 amide bonds. The predicted octanol–water partition coefficient (Wildman–Crippen LogP) is 2.71. The fourth-order valence-electron chi connectivity index (χ4n) is 1.19. The van der Waals surface area contributed by atoms with Crippen molar-refractivity contribution in [2.75, 3.05) is 26.7 Å². The molecular formula is C11H15ClO3. The van der Waals surface area contributed by atoms with Gasteiger partial charge in [0.1, 0.15) is 0 Å². The zero-order valence-electron chi connectivity index (χ0n) is 8.96. The molecule has 3 nitrogen and oxygen atoms in total. The second kappa shape index (κ2) is 6.40. The van der Waals surface area contributed by atoms with Crippen molar-refractivity contribution in [1.29, 1.82) is 0 Å². The van der Waals surface area contributed by atoms with Crippen LogP contribution >= 0.6 is 11.6 Å². The van der Waals surface area contributed by atoms with Gasteiger partial charge >= 0.3 is 0 Å². The van der Waals surface area contributed by atoms with Gasteiger partial charge in [0.25, 0.3) is 0 Å². The lowest BCUT2D eigenvalue weighted by atomic mass is 10.3. The summed E-state index contributed by atoms with van der Waals surface area (Å²) in [6, 6.07) is 5.52. The second-order valence-corrected chi connectivity index (χ2v) is 3.26. The monoisotopic (exact) mass is 230 g/mol. The van der Waals surface area contributed by atoms with Crippen LogP contribution in [-0.4, -0.2) is 26.7 Å². The SMILES string of the molecule is COc1cccc(OC)c1OCCCCl. The molecule has 0 aliphatic heterocycles. The molecule has 1 rings (SSSR count). The first-order chi connectivity index (χ1) is 7.33. The molecule has 0 spiro atoms. The second-order valence-electron chi connectivity index (χ2n) is 2.88. The molecule has 0 bridgehead atoms. The molecule has 0 heterocycles. The third-order valence-corrected chi connectivity index (χ3v) is 2.17. The van der Waals surface area contributed by atoms with Crippen LogP contribution in [0.5, 0.6) is 17.2 Å². The standard InChI is InChI=1S/C11H15ClO3/c1-13-9-5-3-6-10(14-2)11(9)15-8-4-7-12/h3,5-6H,4,7-8H2,1-2H3. The van der Waals surface area contributed by atoms with Gasteiger partial charge in [0, 0.05) is 5.88 Å². The third kappa shape index (κ3) is 3.20. The first-order valence-electron chi connectivity index (χ1n) is 4.73. The van der Waals surface area contributed by atoms with Crippen LogP contribution in [0.2, 0.25) is 0 Å². The zero-order chi connectivity index (χ0) is 11.1. The summed E-state index contributed by atoms with van der Waals surface area (Å²) < 4.78 is 15.9. The molecule has 0 aliphatic carbocycles. The van der Waals surface area contributed by atoms with Gasteiger partial charge in [0.05, 0.1) is 20.8 Å². The molecule has 4 heteroatoms. The van der Waals surface area contributed by atoms with Crippen LogP contribution in [0.4, 0.5) is 0 Å². The van der Waals surface area contributed by atoms with E-state index in [0.29, 0.717) is 29.7 Å². The maximum atomic E-state index is 5.57. The number of hydrogen-bond acceptors (Lipinski definition) is 3. The fraction of sp³-hybridized carbons (Fsp3) is 0.455. The number of rotatable bonds is 6. The van der Waals surface area contributed by atoms with E-state index in [9.17, 15) is 0 Å². The fourth-order valence-corrected chi connectivity index (χ4v) is 1.30. The summed E-state index contributed by atoms with van der Waals surface area (Å²) in [5.74, 6) is 2.55. The Kier molecular flexibility index (Phi) is 5.12. The molecule has 0 N–H and O–H groups in total. The highest BCUT2D eigenvalue weighted by Crippen LogP contribution is 2.36. The minimum atomic E-state index is 0.556. The van der Waals surface area contributed by atoms with Gasteiger partial charge in [0.2, 0.25) is 5.75 Å². The summed E-state index contributed by atoms with van der Waals surface area (Å²) in [4.78, 5) is 0. The van der Waals surface area contributed by atoms with Crippen molar-refractivity contribution in [3.63, 3.8) is 0 Å². The molecule has 0 radical (unpaired) electrons. The Labute approximate surface area is 94.9 Å². The van der Waals surface area contributed by atoms with E-state index in [1.165, 1.54) is 0 Å². The van der Waals surface area contributed by atoms with Gasteiger partial charge in [-0.2, -0.15) is 0 Å². The van der Waals surface area contributed by atoms with Crippen molar-refractivity contribution in [3.05, 3.63) is 18.2 Å². The Morgan fingerprint density at radius 3 is 2.20 bits per heavy atom. The maximum Gasteiger partial charge on any atom is 0.203 e. The molecule has 1 aromatic rings. The van der Waals surface area contributed by atoms with Crippen LogP contribution in [0.1, 0.15) is 6.42 Å². The Bertz CT molecular complexity index is 280. The number of benzene rings is 1. The van der Waals surface area contributed by atoms with Crippen molar-refractivity contribution < 1.29 is 14.2 Å². The molecule has 0 saturated heterocycles. The molecule has 0 aromatic heterocycles. The van der Waals surface area contributed by atoms with Gasteiger partial charge in [-0.1, -0.05) is 6.07 Å². The summed E-state index contributed by atoms with van der Waals surface area (Å²) >= 11 is 5.57. The van der Waals surface area contributed by atoms with Crippen LogP contribution in [0.3, 0.4) is 0 Å². The highest BCUT2D eigenvalue weighted by atomic mass is 35.5. The van der Waals surface area contributed by atoms with Crippen molar-refractivity contribution >= 4 is 11.6 Å². The highest BCUT2D eigenvalue weighted by molar-refractivity contribution is 6.17. The molecule has 0 aliphatic rings. The van der Waals surface area contributed by atoms with Crippen LogP contribution in [0.25, 0.3) is 0 Å². The molecule has 0 saturated carbocycles. The van der Waals surface area contributed by atoms with Crippen LogP contribution in [0, 0.1) is 0 Å². The largest absolute Gasteiger partial charge is 0.493 e. The molecule has 0 fully saturated rings. The van der Waals surface area contributed by atoms with E-state index >= 15 is 0 Å². The van der Waals surface area contributed by atoms with Crippen molar-refractivity contribution in [1.82, 2.24) is 0 Å². The summed E-state index contributed by atoms with van der Waals surface area (Å²) in [6.45, 7) is 0.556. The summed E-state index contributed by atoms with van der Waals surface area (Å²) in [5.41, 5.74) is 0. The third-order valence-electron chi connectivity index (χ3n) is 1.91. The molecule has 15 heavy (non-hydrogen) atoms. The Hall–Kier alpha value is -1.09. The van der Waals surface area contributed by atoms with Gasteiger partial charge in [-0.3, -0.25) is 0 Å². The van der Waals surface area contributed by atoms with Crippen molar-refractivity contribution in [2.24, 2.45) is 0 Å². The van der Waals surface area contributed by atoms with Gasteiger partial charge in [-0.05, 0) is 18.6 Å². The Balaban J connectivity index is 2.80. The van der Waals surface area contributed by atoms with E-state index in [4.69, 9.17) is 25.8 Å². The first kappa shape index (κ1) is 12.0. The number of halogens is 1. The lowest BCUT2D eigenvalue weighted by molar-refractivity contribution is 0.275. The van der Waals surface area contributed by atoms with Gasteiger partial charge in [-0.25, -0.2) is 0 Å². The summed E-state index contributed by atoms with van der Waals surface area (Å²) in [6.07, 6.45) is 0.794. The zero-order valence-corrected chi connectivity index (χ0v) is 9.71. The molecule has 84 valence electrons. The van der Waals surface area contributed by atoms with E-state index in [1.807, 2.05) is 18.2 Å². The van der Waals surface area contributed by atoms with Crippen molar-refractivity contribution in [3.8, 4) is 17.2 Å². The van der Waals surface area contributed by atoms with Gasteiger partial charge in [0.15, 0.2) is 11.5 Å². The van der Waals surface area contributed by atoms with Gasteiger partial charge < -0.3 is 14.2 Å². The number of methoxy groups -OCH3 is 2. The van der Waals surface area contributed by atoms with E-state index in [-0.39, 0.29) is 0 Å². The summed E-state index contributed by atoms with van der Waals surface area (Å²) in [7, 11) is 3.20. The first-order valence-corrected chi connectivity index (χ1v) is 5.26. The normalized spacial score (nSPS) is 9.80. The highest BCUT2D eigenvalue weighted by Gasteiger charge is 2.10. The average molecular weight is 231 g/mol. The van der Waals surface area contributed by atoms with E-state index in [2.05, 4.69) is 0 Å². The van der Waals surface area contributed by atoms with Crippen molar-refractivity contribution in [2.45, 2.75) is 6.42 Å². The molecule has 1 aromatic carbocycles. The molecule has 0 atom stereocenters. The summed E-state index contributed by atoms with van der Waals surface area (Å²) in [5, 5.41) is 0. The molecule has 0 unspecified atom stereocenters. The smallest absolute Gasteiger partial charge is 0.203 e. The quantitative estimate of drug-likeness (QED) is 0.556. The number of hydrogen-bond donors (Lipinski definition) is 0. The number of para-hydroxylation sites is 1. The number of alkyl halides is 1. The van der Waals surface area contributed by atoms with Crippen LogP contribution in [0.15, 0.2) is 18.2 Å². The van der Waals surface area contributed by atoms with E-state index in [1.54, 1.807) is 14.2 Å². The average Bonchev–Trinajstić information content (AvgIpc) is 2.29. The van der Waals surface area contributed by atoms with Gasteiger partial charge in [-0.15, -0.1) is 11.6 Å². The van der Waals surface area contributed by atoms with E-state index in [0.717, 1.165) is 6.42 Å². The van der Waals surface area contributed by atoms with E-state index < -0.39 is 0 Å². The van der Waals surface area contributed by atoms with Crippen LogP contribution in [-0.2, 0) is 0 Å². The molecular weight excluding hydrogens is 216 g/mol.